The molecule has 2 saturated heterocycles. The summed E-state index contributed by atoms with van der Waals surface area (Å²) < 4.78 is 5.71. The molecule has 0 aromatic rings. The molecule has 2 bridgehead atoms. The van der Waals surface area contributed by atoms with E-state index < -0.39 is 0 Å². The highest BCUT2D eigenvalue weighted by atomic mass is 16.5. The zero-order valence-corrected chi connectivity index (χ0v) is 7.33. The van der Waals surface area contributed by atoms with Gasteiger partial charge in [-0.2, -0.15) is 0 Å². The molecule has 0 radical (unpaired) electrons. The van der Waals surface area contributed by atoms with Crippen LogP contribution < -0.4 is 0 Å². The number of likely N-dealkylation sites (tertiary alicyclic amines) is 1. The minimum Gasteiger partial charge on any atom is -0.372 e. The number of nitrogens with zero attached hydrogens (tertiary/aromatic N) is 1. The number of terminal acetylenes is 1. The molecule has 2 unspecified atom stereocenters. The minimum atomic E-state index is 0.501. The average molecular weight is 165 g/mol. The summed E-state index contributed by atoms with van der Waals surface area (Å²) in [4.78, 5) is 2.44. The van der Waals surface area contributed by atoms with Crippen LogP contribution in [0.5, 0.6) is 0 Å². The van der Waals surface area contributed by atoms with Gasteiger partial charge < -0.3 is 4.74 Å². The summed E-state index contributed by atoms with van der Waals surface area (Å²) in [5.74, 6) is 2.68. The van der Waals surface area contributed by atoms with E-state index in [9.17, 15) is 0 Å². The monoisotopic (exact) mass is 165 g/mol. The standard InChI is InChI=1S/C10H15NO/c1-2-3-6-11-7-9-4-5-10(8-11)12-9/h1,9-10H,3-8H2. The molecule has 12 heavy (non-hydrogen) atoms. The largest absolute Gasteiger partial charge is 0.372 e. The SMILES string of the molecule is C#CCCN1CC2CCC(C1)O2. The molecule has 66 valence electrons. The van der Waals surface area contributed by atoms with E-state index in [1.54, 1.807) is 0 Å². The molecule has 0 aromatic heterocycles. The number of rotatable bonds is 2. The zero-order valence-electron chi connectivity index (χ0n) is 7.33. The van der Waals surface area contributed by atoms with E-state index in [0.29, 0.717) is 12.2 Å². The van der Waals surface area contributed by atoms with Crippen LogP contribution in [0.25, 0.3) is 0 Å². The lowest BCUT2D eigenvalue weighted by Gasteiger charge is -2.31. The highest BCUT2D eigenvalue weighted by Gasteiger charge is 2.32. The van der Waals surface area contributed by atoms with Gasteiger partial charge in [-0.1, -0.05) is 0 Å². The maximum absolute atomic E-state index is 5.71. The van der Waals surface area contributed by atoms with Gasteiger partial charge in [-0.3, -0.25) is 4.90 Å². The van der Waals surface area contributed by atoms with Crippen molar-refractivity contribution in [3.05, 3.63) is 0 Å². The van der Waals surface area contributed by atoms with Crippen LogP contribution >= 0.6 is 0 Å². The van der Waals surface area contributed by atoms with E-state index in [1.807, 2.05) is 0 Å². The summed E-state index contributed by atoms with van der Waals surface area (Å²) in [6, 6.07) is 0. The Morgan fingerprint density at radius 1 is 1.33 bits per heavy atom. The van der Waals surface area contributed by atoms with Crippen LogP contribution in [-0.4, -0.2) is 36.7 Å². The zero-order chi connectivity index (χ0) is 8.39. The molecule has 0 amide bonds. The maximum Gasteiger partial charge on any atom is 0.0707 e. The van der Waals surface area contributed by atoms with Gasteiger partial charge in [-0.25, -0.2) is 0 Å². The van der Waals surface area contributed by atoms with Crippen molar-refractivity contribution in [2.45, 2.75) is 31.5 Å². The van der Waals surface area contributed by atoms with Crippen molar-refractivity contribution in [1.82, 2.24) is 4.90 Å². The number of ether oxygens (including phenoxy) is 1. The molecule has 0 aliphatic carbocycles. The van der Waals surface area contributed by atoms with E-state index in [4.69, 9.17) is 11.2 Å². The smallest absolute Gasteiger partial charge is 0.0707 e. The number of morpholine rings is 1. The first-order chi connectivity index (χ1) is 5.88. The van der Waals surface area contributed by atoms with Gasteiger partial charge in [0.15, 0.2) is 0 Å². The average Bonchev–Trinajstić information content (AvgIpc) is 2.42. The molecule has 0 saturated carbocycles. The Hall–Kier alpha value is -0.520. The van der Waals surface area contributed by atoms with E-state index in [1.165, 1.54) is 12.8 Å². The summed E-state index contributed by atoms with van der Waals surface area (Å²) in [6.07, 6.45) is 9.59. The molecule has 2 nitrogen and oxygen atoms in total. The van der Waals surface area contributed by atoms with Gasteiger partial charge in [0.25, 0.3) is 0 Å². The van der Waals surface area contributed by atoms with Crippen LogP contribution in [0.3, 0.4) is 0 Å². The van der Waals surface area contributed by atoms with E-state index in [0.717, 1.165) is 26.1 Å². The first-order valence-corrected chi connectivity index (χ1v) is 4.70. The van der Waals surface area contributed by atoms with E-state index >= 15 is 0 Å². The van der Waals surface area contributed by atoms with Crippen molar-refractivity contribution in [2.75, 3.05) is 19.6 Å². The predicted molar refractivity (Wildman–Crippen MR) is 47.8 cm³/mol. The topological polar surface area (TPSA) is 12.5 Å². The highest BCUT2D eigenvalue weighted by Crippen LogP contribution is 2.25. The second-order valence-electron chi connectivity index (χ2n) is 3.67. The van der Waals surface area contributed by atoms with Gasteiger partial charge in [0.05, 0.1) is 12.2 Å². The Labute approximate surface area is 73.9 Å². The Balaban J connectivity index is 1.82. The second-order valence-corrected chi connectivity index (χ2v) is 3.67. The second kappa shape index (κ2) is 3.47. The summed E-state index contributed by atoms with van der Waals surface area (Å²) in [6.45, 7) is 3.24. The van der Waals surface area contributed by atoms with Crippen LogP contribution in [0.1, 0.15) is 19.3 Å². The third kappa shape index (κ3) is 1.63. The molecule has 0 N–H and O–H groups in total. The molecule has 0 aromatic carbocycles. The van der Waals surface area contributed by atoms with Gasteiger partial charge in [-0.05, 0) is 12.8 Å². The number of hydrogen-bond acceptors (Lipinski definition) is 2. The van der Waals surface area contributed by atoms with Gasteiger partial charge in [0, 0.05) is 26.1 Å². The quantitative estimate of drug-likeness (QED) is 0.563. The van der Waals surface area contributed by atoms with Gasteiger partial charge in [0.2, 0.25) is 0 Å². The van der Waals surface area contributed by atoms with Crippen LogP contribution in [0.4, 0.5) is 0 Å². The number of fused-ring (bicyclic) bond motifs is 2. The third-order valence-corrected chi connectivity index (χ3v) is 2.69. The Morgan fingerprint density at radius 2 is 2.00 bits per heavy atom. The fourth-order valence-electron chi connectivity index (χ4n) is 2.10. The first kappa shape index (κ1) is 8.10. The summed E-state index contributed by atoms with van der Waals surface area (Å²) in [5.41, 5.74) is 0. The van der Waals surface area contributed by atoms with Gasteiger partial charge >= 0.3 is 0 Å². The Kier molecular flexibility index (Phi) is 2.34. The van der Waals surface area contributed by atoms with Crippen molar-refractivity contribution in [3.8, 4) is 12.3 Å². The summed E-state index contributed by atoms with van der Waals surface area (Å²) >= 11 is 0. The lowest BCUT2D eigenvalue weighted by Crippen LogP contribution is -2.42. The van der Waals surface area contributed by atoms with Crippen molar-refractivity contribution < 1.29 is 4.74 Å². The van der Waals surface area contributed by atoms with Crippen molar-refractivity contribution in [3.63, 3.8) is 0 Å². The molecule has 2 rings (SSSR count). The van der Waals surface area contributed by atoms with E-state index in [-0.39, 0.29) is 0 Å². The Morgan fingerprint density at radius 3 is 2.58 bits per heavy atom. The van der Waals surface area contributed by atoms with Crippen LogP contribution in [-0.2, 0) is 4.74 Å². The lowest BCUT2D eigenvalue weighted by atomic mass is 10.2. The lowest BCUT2D eigenvalue weighted by molar-refractivity contribution is -0.0374. The maximum atomic E-state index is 5.71. The molecule has 2 aliphatic rings. The van der Waals surface area contributed by atoms with Crippen LogP contribution in [0, 0.1) is 12.3 Å². The molecule has 2 aliphatic heterocycles. The van der Waals surface area contributed by atoms with Gasteiger partial charge in [0.1, 0.15) is 0 Å². The van der Waals surface area contributed by atoms with Crippen molar-refractivity contribution in [1.29, 1.82) is 0 Å². The predicted octanol–water partition coefficient (Wildman–Crippen LogP) is 0.873. The van der Waals surface area contributed by atoms with Crippen LogP contribution in [0.2, 0.25) is 0 Å². The molecular formula is C10H15NO. The minimum absolute atomic E-state index is 0.501. The van der Waals surface area contributed by atoms with Crippen LogP contribution in [0.15, 0.2) is 0 Å². The Bertz CT molecular complexity index is 185. The molecule has 0 spiro atoms. The summed E-state index contributed by atoms with van der Waals surface area (Å²) in [7, 11) is 0. The third-order valence-electron chi connectivity index (χ3n) is 2.69. The fourth-order valence-corrected chi connectivity index (χ4v) is 2.10. The van der Waals surface area contributed by atoms with E-state index in [2.05, 4.69) is 10.8 Å². The van der Waals surface area contributed by atoms with Crippen molar-refractivity contribution in [2.24, 2.45) is 0 Å². The normalized spacial score (nSPS) is 34.9. The molecule has 2 heteroatoms. The highest BCUT2D eigenvalue weighted by molar-refractivity contribution is 4.89. The summed E-state index contributed by atoms with van der Waals surface area (Å²) in [5, 5.41) is 0. The molecule has 2 heterocycles. The van der Waals surface area contributed by atoms with Gasteiger partial charge in [-0.15, -0.1) is 12.3 Å². The first-order valence-electron chi connectivity index (χ1n) is 4.70. The molecular weight excluding hydrogens is 150 g/mol. The van der Waals surface area contributed by atoms with Crippen molar-refractivity contribution >= 4 is 0 Å². The fraction of sp³-hybridized carbons (Fsp3) is 0.800. The molecule has 2 atom stereocenters. The number of hydrogen-bond donors (Lipinski definition) is 0. The molecule has 2 fully saturated rings.